The third-order valence-corrected chi connectivity index (χ3v) is 5.20. The molecule has 0 aromatic heterocycles. The minimum absolute atomic E-state index is 0.0327. The van der Waals surface area contributed by atoms with Crippen molar-refractivity contribution in [1.29, 1.82) is 0 Å². The molecule has 0 spiro atoms. The molecular formula is C21H19Cl2NO5. The molecule has 29 heavy (non-hydrogen) atoms. The summed E-state index contributed by atoms with van der Waals surface area (Å²) in [6.07, 6.45) is -1.72. The van der Waals surface area contributed by atoms with Gasteiger partial charge in [-0.05, 0) is 45.0 Å². The second kappa shape index (κ2) is 7.44. The van der Waals surface area contributed by atoms with Crippen molar-refractivity contribution in [1.82, 2.24) is 5.32 Å². The second-order valence-electron chi connectivity index (χ2n) is 7.78. The molecule has 3 rings (SSSR count). The summed E-state index contributed by atoms with van der Waals surface area (Å²) in [5.74, 6) is -2.73. The Labute approximate surface area is 177 Å². The summed E-state index contributed by atoms with van der Waals surface area (Å²) in [7, 11) is 0. The number of cyclic esters (lactones) is 1. The molecule has 0 radical (unpaired) electrons. The number of halogens is 2. The van der Waals surface area contributed by atoms with Crippen molar-refractivity contribution in [2.75, 3.05) is 0 Å². The van der Waals surface area contributed by atoms with Crippen LogP contribution in [0.5, 0.6) is 0 Å². The number of Topliss-reactive ketones (excluding diaryl/α,β-unsaturated/α-hetero) is 1. The van der Waals surface area contributed by atoms with E-state index < -0.39 is 34.9 Å². The van der Waals surface area contributed by atoms with E-state index in [1.807, 2.05) is 0 Å². The highest BCUT2D eigenvalue weighted by Crippen LogP contribution is 2.40. The van der Waals surface area contributed by atoms with Crippen molar-refractivity contribution < 1.29 is 24.2 Å². The van der Waals surface area contributed by atoms with Gasteiger partial charge in [-0.1, -0.05) is 41.4 Å². The van der Waals surface area contributed by atoms with Crippen molar-refractivity contribution in [2.24, 2.45) is 0 Å². The number of ketones is 1. The van der Waals surface area contributed by atoms with E-state index in [4.69, 9.17) is 27.9 Å². The van der Waals surface area contributed by atoms with Crippen LogP contribution in [0.3, 0.4) is 0 Å². The topological polar surface area (TPSA) is 92.7 Å². The number of nitrogens with one attached hydrogen (secondary N) is 1. The van der Waals surface area contributed by atoms with Crippen molar-refractivity contribution in [3.63, 3.8) is 0 Å². The lowest BCUT2D eigenvalue weighted by Gasteiger charge is -2.40. The molecule has 0 aliphatic carbocycles. The maximum absolute atomic E-state index is 13.5. The van der Waals surface area contributed by atoms with Crippen LogP contribution in [0, 0.1) is 0 Å². The molecule has 2 atom stereocenters. The van der Waals surface area contributed by atoms with Crippen LogP contribution in [0.1, 0.15) is 53.2 Å². The van der Waals surface area contributed by atoms with Gasteiger partial charge in [0.1, 0.15) is 6.10 Å². The van der Waals surface area contributed by atoms with Crippen molar-refractivity contribution in [3.8, 4) is 0 Å². The molecule has 2 N–H and O–H groups in total. The zero-order chi connectivity index (χ0) is 21.6. The van der Waals surface area contributed by atoms with Crippen LogP contribution in [0.15, 0.2) is 42.5 Å². The van der Waals surface area contributed by atoms with Crippen LogP contribution in [-0.2, 0) is 9.53 Å². The number of carbonyl (C=O) groups is 3. The first kappa shape index (κ1) is 21.3. The Morgan fingerprint density at radius 1 is 1.10 bits per heavy atom. The van der Waals surface area contributed by atoms with E-state index in [1.165, 1.54) is 30.3 Å². The van der Waals surface area contributed by atoms with Crippen molar-refractivity contribution >= 4 is 40.9 Å². The molecule has 0 saturated carbocycles. The van der Waals surface area contributed by atoms with Gasteiger partial charge in [0, 0.05) is 16.7 Å². The minimum atomic E-state index is -2.52. The summed E-state index contributed by atoms with van der Waals surface area (Å²) in [5, 5.41) is 14.0. The van der Waals surface area contributed by atoms with Gasteiger partial charge >= 0.3 is 5.97 Å². The molecule has 2 aromatic rings. The third kappa shape index (κ3) is 3.75. The molecule has 1 aliphatic rings. The molecule has 0 bridgehead atoms. The largest absolute Gasteiger partial charge is 0.433 e. The lowest BCUT2D eigenvalue weighted by molar-refractivity contribution is -0.150. The molecule has 1 heterocycles. The summed E-state index contributed by atoms with van der Waals surface area (Å²) >= 11 is 11.9. The molecule has 1 aliphatic heterocycles. The molecule has 8 heteroatoms. The lowest BCUT2D eigenvalue weighted by Crippen LogP contribution is -2.63. The van der Waals surface area contributed by atoms with Crippen LogP contribution < -0.4 is 5.32 Å². The van der Waals surface area contributed by atoms with Gasteiger partial charge in [0.05, 0.1) is 15.6 Å². The molecule has 0 saturated heterocycles. The van der Waals surface area contributed by atoms with Crippen LogP contribution in [-0.4, -0.2) is 33.9 Å². The van der Waals surface area contributed by atoms with Gasteiger partial charge in [-0.2, -0.15) is 0 Å². The molecule has 0 unspecified atom stereocenters. The molecule has 6 nitrogen and oxygen atoms in total. The maximum Gasteiger partial charge on any atom is 0.340 e. The fraction of sp³-hybridized carbons (Fsp3) is 0.286. The fourth-order valence-corrected chi connectivity index (χ4v) is 3.42. The van der Waals surface area contributed by atoms with E-state index in [9.17, 15) is 19.5 Å². The number of aliphatic hydroxyl groups excluding tert-OH is 1. The molecule has 0 fully saturated rings. The Kier molecular flexibility index (Phi) is 5.47. The maximum atomic E-state index is 13.5. The summed E-state index contributed by atoms with van der Waals surface area (Å²) in [6.45, 7) is 5.10. The lowest BCUT2D eigenvalue weighted by atomic mass is 9.79. The highest BCUT2D eigenvalue weighted by Gasteiger charge is 2.60. The Morgan fingerprint density at radius 2 is 1.76 bits per heavy atom. The van der Waals surface area contributed by atoms with E-state index in [2.05, 4.69) is 5.32 Å². The predicted molar refractivity (Wildman–Crippen MR) is 108 cm³/mol. The first-order valence-corrected chi connectivity index (χ1v) is 9.56. The van der Waals surface area contributed by atoms with Crippen LogP contribution in [0.2, 0.25) is 10.0 Å². The van der Waals surface area contributed by atoms with E-state index in [0.717, 1.165) is 0 Å². The number of fused-ring (bicyclic) bond motifs is 1. The number of aliphatic hydroxyl groups is 1. The number of rotatable bonds is 3. The van der Waals surface area contributed by atoms with E-state index in [-0.39, 0.29) is 26.7 Å². The average molecular weight is 436 g/mol. The first-order chi connectivity index (χ1) is 13.5. The number of carbonyl (C=O) groups excluding carboxylic acids is 3. The standard InChI is InChI=1S/C21H19Cl2NO5/c1-20(2,3)24-19(28)21(16(25)11-8-9-14(22)15(23)10-11)17(26)12-6-4-5-7-13(12)18(27)29-21/h4-10,17,26H,1-3H3,(H,24,28)/t17-,21-/m1/s1. The number of benzene rings is 2. The van der Waals surface area contributed by atoms with Gasteiger partial charge in [0.15, 0.2) is 0 Å². The van der Waals surface area contributed by atoms with Gasteiger partial charge in [0.2, 0.25) is 5.78 Å². The van der Waals surface area contributed by atoms with Crippen LogP contribution >= 0.6 is 23.2 Å². The zero-order valence-corrected chi connectivity index (χ0v) is 17.5. The molecular weight excluding hydrogens is 417 g/mol. The summed E-state index contributed by atoms with van der Waals surface area (Å²) in [5.41, 5.74) is -3.10. The Hall–Kier alpha value is -2.41. The highest BCUT2D eigenvalue weighted by atomic mass is 35.5. The Bertz CT molecular complexity index is 1010. The van der Waals surface area contributed by atoms with Gasteiger partial charge in [-0.25, -0.2) is 4.79 Å². The highest BCUT2D eigenvalue weighted by molar-refractivity contribution is 6.42. The number of ether oxygens (including phenoxy) is 1. The van der Waals surface area contributed by atoms with Crippen molar-refractivity contribution in [2.45, 2.75) is 38.0 Å². The molecule has 2 aromatic carbocycles. The second-order valence-corrected chi connectivity index (χ2v) is 8.59. The quantitative estimate of drug-likeness (QED) is 0.435. The van der Waals surface area contributed by atoms with E-state index >= 15 is 0 Å². The summed E-state index contributed by atoms with van der Waals surface area (Å²) < 4.78 is 5.38. The SMILES string of the molecule is CC(C)(C)NC(=O)[C@]1(C(=O)c2ccc(Cl)c(Cl)c2)OC(=O)c2ccccc2[C@H]1O. The van der Waals surface area contributed by atoms with Gasteiger partial charge < -0.3 is 15.2 Å². The minimum Gasteiger partial charge on any atom is -0.433 e. The Balaban J connectivity index is 2.20. The Morgan fingerprint density at radius 3 is 2.38 bits per heavy atom. The molecule has 152 valence electrons. The molecule has 1 amide bonds. The summed E-state index contributed by atoms with van der Waals surface area (Å²) in [4.78, 5) is 39.4. The monoisotopic (exact) mass is 435 g/mol. The van der Waals surface area contributed by atoms with E-state index in [1.54, 1.807) is 32.9 Å². The average Bonchev–Trinajstić information content (AvgIpc) is 2.65. The van der Waals surface area contributed by atoms with Gasteiger partial charge in [-0.3, -0.25) is 9.59 Å². The normalized spacial score (nSPS) is 21.2. The zero-order valence-electron chi connectivity index (χ0n) is 16.0. The smallest absolute Gasteiger partial charge is 0.340 e. The first-order valence-electron chi connectivity index (χ1n) is 8.80. The number of hydrogen-bond donors (Lipinski definition) is 2. The van der Waals surface area contributed by atoms with Crippen molar-refractivity contribution in [3.05, 3.63) is 69.2 Å². The van der Waals surface area contributed by atoms with Gasteiger partial charge in [-0.15, -0.1) is 0 Å². The van der Waals surface area contributed by atoms with E-state index in [0.29, 0.717) is 0 Å². The number of esters is 1. The van der Waals surface area contributed by atoms with Crippen LogP contribution in [0.25, 0.3) is 0 Å². The number of hydrogen-bond acceptors (Lipinski definition) is 5. The summed E-state index contributed by atoms with van der Waals surface area (Å²) in [6, 6.07) is 10.1. The third-order valence-electron chi connectivity index (χ3n) is 4.46. The number of amides is 1. The van der Waals surface area contributed by atoms with Crippen LogP contribution in [0.4, 0.5) is 0 Å². The fourth-order valence-electron chi connectivity index (χ4n) is 3.13. The predicted octanol–water partition coefficient (Wildman–Crippen LogP) is 3.73. The van der Waals surface area contributed by atoms with Gasteiger partial charge in [0.25, 0.3) is 11.5 Å².